The van der Waals surface area contributed by atoms with Crippen molar-refractivity contribution in [1.82, 2.24) is 9.96 Å². The molecule has 1 amide bonds. The molecule has 7 heteroatoms. The second-order valence-corrected chi connectivity index (χ2v) is 9.59. The molecular formula is C28H28Cl2N2O3. The standard InChI is InChI=1S/C28H28Cl2N2O3/c29-25-12-11-22(15-26(25)30)16-28(34)32(35-20-21-7-3-1-4-8-21)27(24-9-5-2-6-10-24)18-31-14-13-23(17-31)19-33/h1-12,15,19,23,27H,13-14,16-18,20H2. The molecule has 2 unspecified atom stereocenters. The zero-order chi connectivity index (χ0) is 24.6. The Bertz CT molecular complexity index is 1130. The van der Waals surface area contributed by atoms with E-state index in [0.717, 1.165) is 35.9 Å². The molecule has 1 aliphatic rings. The molecule has 1 aliphatic heterocycles. The summed E-state index contributed by atoms with van der Waals surface area (Å²) in [7, 11) is 0. The maximum absolute atomic E-state index is 13.7. The number of amides is 1. The van der Waals surface area contributed by atoms with Crippen LogP contribution in [0.2, 0.25) is 10.0 Å². The molecule has 0 radical (unpaired) electrons. The van der Waals surface area contributed by atoms with Crippen molar-refractivity contribution in [3.05, 3.63) is 106 Å². The molecule has 35 heavy (non-hydrogen) atoms. The third-order valence-electron chi connectivity index (χ3n) is 6.20. The van der Waals surface area contributed by atoms with Gasteiger partial charge in [0.2, 0.25) is 0 Å². The van der Waals surface area contributed by atoms with E-state index in [1.807, 2.05) is 60.7 Å². The molecule has 0 spiro atoms. The summed E-state index contributed by atoms with van der Waals surface area (Å²) >= 11 is 12.3. The lowest BCUT2D eigenvalue weighted by Crippen LogP contribution is -2.41. The van der Waals surface area contributed by atoms with E-state index < -0.39 is 0 Å². The lowest BCUT2D eigenvalue weighted by Gasteiger charge is -2.34. The normalized spacial score (nSPS) is 16.7. The van der Waals surface area contributed by atoms with E-state index >= 15 is 0 Å². The van der Waals surface area contributed by atoms with E-state index in [9.17, 15) is 9.59 Å². The zero-order valence-electron chi connectivity index (χ0n) is 19.4. The molecule has 0 bridgehead atoms. The number of rotatable bonds is 10. The first-order chi connectivity index (χ1) is 17.0. The number of hydroxylamine groups is 2. The van der Waals surface area contributed by atoms with Gasteiger partial charge in [-0.25, -0.2) is 5.06 Å². The molecule has 0 aliphatic carbocycles. The minimum atomic E-state index is -0.347. The number of carbonyl (C=O) groups is 2. The Balaban J connectivity index is 1.62. The molecule has 1 saturated heterocycles. The predicted octanol–water partition coefficient (Wildman–Crippen LogP) is 5.76. The smallest absolute Gasteiger partial charge is 0.251 e. The number of halogens is 2. The molecule has 0 aromatic heterocycles. The van der Waals surface area contributed by atoms with Gasteiger partial charge in [0, 0.05) is 19.0 Å². The highest BCUT2D eigenvalue weighted by Crippen LogP contribution is 2.28. The van der Waals surface area contributed by atoms with Gasteiger partial charge in [-0.2, -0.15) is 0 Å². The maximum atomic E-state index is 13.7. The van der Waals surface area contributed by atoms with Crippen molar-refractivity contribution in [2.45, 2.75) is 25.5 Å². The number of carbonyl (C=O) groups excluding carboxylic acids is 2. The number of benzene rings is 3. The van der Waals surface area contributed by atoms with Crippen LogP contribution >= 0.6 is 23.2 Å². The molecule has 3 aromatic rings. The van der Waals surface area contributed by atoms with Crippen LogP contribution in [0.4, 0.5) is 0 Å². The van der Waals surface area contributed by atoms with Crippen LogP contribution in [0.5, 0.6) is 0 Å². The number of nitrogens with zero attached hydrogens (tertiary/aromatic N) is 2. The Morgan fingerprint density at radius 3 is 2.37 bits per heavy atom. The maximum Gasteiger partial charge on any atom is 0.251 e. The highest BCUT2D eigenvalue weighted by molar-refractivity contribution is 6.42. The lowest BCUT2D eigenvalue weighted by atomic mass is 10.0. The monoisotopic (exact) mass is 510 g/mol. The first-order valence-electron chi connectivity index (χ1n) is 11.7. The molecule has 2 atom stereocenters. The van der Waals surface area contributed by atoms with Gasteiger partial charge in [-0.3, -0.25) is 9.63 Å². The fourth-order valence-corrected chi connectivity index (χ4v) is 4.65. The van der Waals surface area contributed by atoms with Gasteiger partial charge in [0.05, 0.1) is 22.5 Å². The summed E-state index contributed by atoms with van der Waals surface area (Å²) in [6.07, 6.45) is 1.97. The van der Waals surface area contributed by atoms with Gasteiger partial charge in [-0.1, -0.05) is 89.9 Å². The largest absolute Gasteiger partial charge is 0.303 e. The lowest BCUT2D eigenvalue weighted by molar-refractivity contribution is -0.208. The summed E-state index contributed by atoms with van der Waals surface area (Å²) in [6.45, 7) is 2.31. The van der Waals surface area contributed by atoms with Gasteiger partial charge in [-0.05, 0) is 41.8 Å². The van der Waals surface area contributed by atoms with Crippen LogP contribution in [0.3, 0.4) is 0 Å². The second-order valence-electron chi connectivity index (χ2n) is 8.77. The van der Waals surface area contributed by atoms with E-state index in [-0.39, 0.29) is 30.9 Å². The predicted molar refractivity (Wildman–Crippen MR) is 138 cm³/mol. The van der Waals surface area contributed by atoms with Gasteiger partial charge < -0.3 is 9.69 Å². The summed E-state index contributed by atoms with van der Waals surface area (Å²) in [5.74, 6) is -0.156. The minimum Gasteiger partial charge on any atom is -0.303 e. The quantitative estimate of drug-likeness (QED) is 0.257. The third-order valence-corrected chi connectivity index (χ3v) is 6.94. The van der Waals surface area contributed by atoms with Crippen molar-refractivity contribution in [3.63, 3.8) is 0 Å². The Morgan fingerprint density at radius 2 is 1.71 bits per heavy atom. The van der Waals surface area contributed by atoms with E-state index in [4.69, 9.17) is 28.0 Å². The van der Waals surface area contributed by atoms with Crippen molar-refractivity contribution < 1.29 is 14.4 Å². The Hall–Kier alpha value is -2.70. The van der Waals surface area contributed by atoms with Gasteiger partial charge in [0.1, 0.15) is 12.9 Å². The summed E-state index contributed by atoms with van der Waals surface area (Å²) in [6, 6.07) is 24.5. The van der Waals surface area contributed by atoms with E-state index in [0.29, 0.717) is 23.1 Å². The Kier molecular flexibility index (Phi) is 8.94. The number of hydrogen-bond acceptors (Lipinski definition) is 4. The highest BCUT2D eigenvalue weighted by Gasteiger charge is 2.31. The van der Waals surface area contributed by atoms with Crippen LogP contribution in [0.1, 0.15) is 29.2 Å². The first kappa shape index (κ1) is 25.4. The fraction of sp³-hybridized carbons (Fsp3) is 0.286. The third kappa shape index (κ3) is 6.92. The van der Waals surface area contributed by atoms with Crippen molar-refractivity contribution in [3.8, 4) is 0 Å². The van der Waals surface area contributed by atoms with E-state index in [2.05, 4.69) is 4.90 Å². The zero-order valence-corrected chi connectivity index (χ0v) is 20.9. The summed E-state index contributed by atoms with van der Waals surface area (Å²) in [4.78, 5) is 33.5. The fourth-order valence-electron chi connectivity index (χ4n) is 4.33. The molecular weight excluding hydrogens is 483 g/mol. The van der Waals surface area contributed by atoms with Crippen molar-refractivity contribution in [1.29, 1.82) is 0 Å². The molecule has 4 rings (SSSR count). The number of hydrogen-bond donors (Lipinski definition) is 0. The van der Waals surface area contributed by atoms with Crippen LogP contribution in [0.25, 0.3) is 0 Å². The summed E-state index contributed by atoms with van der Waals surface area (Å²) in [5.41, 5.74) is 2.69. The minimum absolute atomic E-state index is 0.0250. The van der Waals surface area contributed by atoms with Crippen LogP contribution in [0.15, 0.2) is 78.9 Å². The average molecular weight is 511 g/mol. The van der Waals surface area contributed by atoms with Crippen molar-refractivity contribution in [2.24, 2.45) is 5.92 Å². The Morgan fingerprint density at radius 1 is 1.00 bits per heavy atom. The van der Waals surface area contributed by atoms with E-state index in [1.54, 1.807) is 18.2 Å². The topological polar surface area (TPSA) is 49.9 Å². The first-order valence-corrected chi connectivity index (χ1v) is 12.4. The number of aldehydes is 1. The van der Waals surface area contributed by atoms with Gasteiger partial charge >= 0.3 is 0 Å². The summed E-state index contributed by atoms with van der Waals surface area (Å²) < 4.78 is 0. The van der Waals surface area contributed by atoms with E-state index in [1.165, 1.54) is 5.06 Å². The molecule has 0 N–H and O–H groups in total. The summed E-state index contributed by atoms with van der Waals surface area (Å²) in [5, 5.41) is 2.35. The second kappa shape index (κ2) is 12.3. The Labute approximate surface area is 216 Å². The molecule has 3 aromatic carbocycles. The van der Waals surface area contributed by atoms with Gasteiger partial charge in [0.15, 0.2) is 0 Å². The number of likely N-dealkylation sites (tertiary alicyclic amines) is 1. The highest BCUT2D eigenvalue weighted by atomic mass is 35.5. The van der Waals surface area contributed by atoms with Gasteiger partial charge in [0.25, 0.3) is 5.91 Å². The molecule has 0 saturated carbocycles. The average Bonchev–Trinajstić information content (AvgIpc) is 3.34. The van der Waals surface area contributed by atoms with Gasteiger partial charge in [-0.15, -0.1) is 0 Å². The van der Waals surface area contributed by atoms with Crippen LogP contribution < -0.4 is 0 Å². The van der Waals surface area contributed by atoms with Crippen LogP contribution in [-0.2, 0) is 27.5 Å². The molecule has 182 valence electrons. The van der Waals surface area contributed by atoms with Crippen LogP contribution in [-0.4, -0.2) is 41.8 Å². The SMILES string of the molecule is O=CC1CCN(CC(c2ccccc2)N(OCc2ccccc2)C(=O)Cc2ccc(Cl)c(Cl)c2)C1. The van der Waals surface area contributed by atoms with Crippen molar-refractivity contribution in [2.75, 3.05) is 19.6 Å². The van der Waals surface area contributed by atoms with Crippen molar-refractivity contribution >= 4 is 35.4 Å². The molecule has 5 nitrogen and oxygen atoms in total. The molecule has 1 heterocycles. The van der Waals surface area contributed by atoms with Crippen LogP contribution in [0, 0.1) is 5.92 Å². The molecule has 1 fully saturated rings.